The van der Waals surface area contributed by atoms with Gasteiger partial charge in [-0.15, -0.1) is 0 Å². The summed E-state index contributed by atoms with van der Waals surface area (Å²) in [5.74, 6) is 1.08. The highest BCUT2D eigenvalue weighted by Gasteiger charge is 2.21. The molecule has 3 rings (SSSR count). The van der Waals surface area contributed by atoms with Gasteiger partial charge < -0.3 is 10.1 Å². The molecule has 1 aliphatic carbocycles. The number of hydrogen-bond donors (Lipinski definition) is 1. The SMILES string of the molecule is Clc1cccc(Oc2ncccc2CNC2CC2)c1Cl. The molecule has 3 nitrogen and oxygen atoms in total. The van der Waals surface area contributed by atoms with Crippen molar-refractivity contribution in [1.82, 2.24) is 10.3 Å². The van der Waals surface area contributed by atoms with Gasteiger partial charge in [-0.25, -0.2) is 4.98 Å². The second-order valence-corrected chi connectivity index (χ2v) is 5.56. The van der Waals surface area contributed by atoms with E-state index in [2.05, 4.69) is 10.3 Å². The Balaban J connectivity index is 1.80. The van der Waals surface area contributed by atoms with Crippen molar-refractivity contribution in [3.05, 3.63) is 52.1 Å². The van der Waals surface area contributed by atoms with Crippen LogP contribution in [0.25, 0.3) is 0 Å². The number of ether oxygens (including phenoxy) is 1. The molecule has 5 heteroatoms. The predicted octanol–water partition coefficient (Wildman–Crippen LogP) is 4.43. The third kappa shape index (κ3) is 3.23. The molecule has 0 spiro atoms. The Labute approximate surface area is 127 Å². The van der Waals surface area contributed by atoms with Crippen molar-refractivity contribution in [3.63, 3.8) is 0 Å². The van der Waals surface area contributed by atoms with E-state index >= 15 is 0 Å². The first-order chi connectivity index (χ1) is 9.74. The molecule has 1 aromatic carbocycles. The standard InChI is InChI=1S/C15H14Cl2N2O/c16-12-4-1-5-13(14(12)17)20-15-10(3-2-8-18-15)9-19-11-6-7-11/h1-5,8,11,19H,6-7,9H2. The molecule has 0 atom stereocenters. The van der Waals surface area contributed by atoms with Gasteiger partial charge in [0.25, 0.3) is 0 Å². The maximum absolute atomic E-state index is 6.13. The van der Waals surface area contributed by atoms with E-state index < -0.39 is 0 Å². The number of halogens is 2. The van der Waals surface area contributed by atoms with Crippen molar-refractivity contribution in [2.45, 2.75) is 25.4 Å². The summed E-state index contributed by atoms with van der Waals surface area (Å²) < 4.78 is 5.81. The fraction of sp³-hybridized carbons (Fsp3) is 0.267. The van der Waals surface area contributed by atoms with Crippen molar-refractivity contribution in [2.75, 3.05) is 0 Å². The topological polar surface area (TPSA) is 34.1 Å². The minimum Gasteiger partial charge on any atom is -0.437 e. The third-order valence-corrected chi connectivity index (χ3v) is 3.93. The largest absolute Gasteiger partial charge is 0.437 e. The quantitative estimate of drug-likeness (QED) is 0.887. The van der Waals surface area contributed by atoms with Crippen LogP contribution in [0.3, 0.4) is 0 Å². The summed E-state index contributed by atoms with van der Waals surface area (Å²) in [6.45, 7) is 0.742. The van der Waals surface area contributed by atoms with Gasteiger partial charge in [0.2, 0.25) is 5.88 Å². The molecule has 1 heterocycles. The van der Waals surface area contributed by atoms with E-state index in [1.54, 1.807) is 24.4 Å². The molecule has 0 aliphatic heterocycles. The fourth-order valence-corrected chi connectivity index (χ4v) is 2.19. The summed E-state index contributed by atoms with van der Waals surface area (Å²) in [6.07, 6.45) is 4.20. The highest BCUT2D eigenvalue weighted by molar-refractivity contribution is 6.42. The van der Waals surface area contributed by atoms with Crippen LogP contribution in [0.1, 0.15) is 18.4 Å². The van der Waals surface area contributed by atoms with Crippen LogP contribution in [-0.2, 0) is 6.54 Å². The normalized spacial score (nSPS) is 14.3. The maximum Gasteiger partial charge on any atom is 0.223 e. The Kier molecular flexibility index (Phi) is 4.10. The van der Waals surface area contributed by atoms with Crippen LogP contribution in [0.5, 0.6) is 11.6 Å². The maximum atomic E-state index is 6.13. The van der Waals surface area contributed by atoms with Crippen molar-refractivity contribution < 1.29 is 4.74 Å². The summed E-state index contributed by atoms with van der Waals surface area (Å²) in [5.41, 5.74) is 1.01. The van der Waals surface area contributed by atoms with Crippen LogP contribution in [0, 0.1) is 0 Å². The van der Waals surface area contributed by atoms with Crippen LogP contribution in [-0.4, -0.2) is 11.0 Å². The Morgan fingerprint density at radius 3 is 2.85 bits per heavy atom. The van der Waals surface area contributed by atoms with Gasteiger partial charge in [0.1, 0.15) is 10.8 Å². The molecule has 104 valence electrons. The molecule has 1 N–H and O–H groups in total. The van der Waals surface area contributed by atoms with Gasteiger partial charge in [0, 0.05) is 24.3 Å². The Hall–Kier alpha value is -1.29. The summed E-state index contributed by atoms with van der Waals surface area (Å²) in [6, 6.07) is 9.84. The zero-order chi connectivity index (χ0) is 13.9. The average Bonchev–Trinajstić information content (AvgIpc) is 3.27. The lowest BCUT2D eigenvalue weighted by Crippen LogP contribution is -2.16. The molecule has 2 aromatic rings. The van der Waals surface area contributed by atoms with Crippen LogP contribution in [0.4, 0.5) is 0 Å². The number of aromatic nitrogens is 1. The second kappa shape index (κ2) is 6.00. The molecule has 1 aliphatic rings. The number of rotatable bonds is 5. The summed E-state index contributed by atoms with van der Waals surface area (Å²) >= 11 is 12.1. The van der Waals surface area contributed by atoms with E-state index in [1.165, 1.54) is 12.8 Å². The molecule has 0 amide bonds. The van der Waals surface area contributed by atoms with Crippen LogP contribution in [0.15, 0.2) is 36.5 Å². The zero-order valence-electron chi connectivity index (χ0n) is 10.8. The Morgan fingerprint density at radius 1 is 1.20 bits per heavy atom. The zero-order valence-corrected chi connectivity index (χ0v) is 12.3. The summed E-state index contributed by atoms with van der Waals surface area (Å²) in [4.78, 5) is 4.28. The first-order valence-corrected chi connectivity index (χ1v) is 7.29. The molecular weight excluding hydrogens is 295 g/mol. The summed E-state index contributed by atoms with van der Waals surface area (Å²) in [5, 5.41) is 4.32. The second-order valence-electron chi connectivity index (χ2n) is 4.78. The van der Waals surface area contributed by atoms with Crippen molar-refractivity contribution in [1.29, 1.82) is 0 Å². The van der Waals surface area contributed by atoms with Gasteiger partial charge in [-0.3, -0.25) is 0 Å². The van der Waals surface area contributed by atoms with Gasteiger partial charge in [0.05, 0.1) is 5.02 Å². The fourth-order valence-electron chi connectivity index (χ4n) is 1.86. The van der Waals surface area contributed by atoms with E-state index in [0.717, 1.165) is 12.1 Å². The van der Waals surface area contributed by atoms with Gasteiger partial charge >= 0.3 is 0 Å². The van der Waals surface area contributed by atoms with E-state index in [9.17, 15) is 0 Å². The predicted molar refractivity (Wildman–Crippen MR) is 80.6 cm³/mol. The molecule has 0 radical (unpaired) electrons. The van der Waals surface area contributed by atoms with Gasteiger partial charge in [-0.05, 0) is 31.0 Å². The van der Waals surface area contributed by atoms with Crippen LogP contribution < -0.4 is 10.1 Å². The van der Waals surface area contributed by atoms with Crippen LogP contribution >= 0.6 is 23.2 Å². The molecule has 0 saturated heterocycles. The first-order valence-electron chi connectivity index (χ1n) is 6.53. The van der Waals surface area contributed by atoms with E-state index in [4.69, 9.17) is 27.9 Å². The average molecular weight is 309 g/mol. The lowest BCUT2D eigenvalue weighted by atomic mass is 10.2. The Bertz CT molecular complexity index is 615. The van der Waals surface area contributed by atoms with Crippen molar-refractivity contribution in [3.8, 4) is 11.6 Å². The highest BCUT2D eigenvalue weighted by atomic mass is 35.5. The van der Waals surface area contributed by atoms with Crippen molar-refractivity contribution >= 4 is 23.2 Å². The van der Waals surface area contributed by atoms with Gasteiger partial charge in [-0.1, -0.05) is 35.3 Å². The number of nitrogens with zero attached hydrogens (tertiary/aromatic N) is 1. The molecule has 1 saturated carbocycles. The molecule has 0 bridgehead atoms. The molecule has 20 heavy (non-hydrogen) atoms. The molecular formula is C15H14Cl2N2O. The smallest absolute Gasteiger partial charge is 0.223 e. The minimum absolute atomic E-state index is 0.404. The van der Waals surface area contributed by atoms with Gasteiger partial charge in [-0.2, -0.15) is 0 Å². The first kappa shape index (κ1) is 13.7. The van der Waals surface area contributed by atoms with E-state index in [-0.39, 0.29) is 0 Å². The van der Waals surface area contributed by atoms with E-state index in [1.807, 2.05) is 12.1 Å². The van der Waals surface area contributed by atoms with Crippen molar-refractivity contribution in [2.24, 2.45) is 0 Å². The summed E-state index contributed by atoms with van der Waals surface area (Å²) in [7, 11) is 0. The minimum atomic E-state index is 0.404. The highest BCUT2D eigenvalue weighted by Crippen LogP contribution is 2.35. The number of hydrogen-bond acceptors (Lipinski definition) is 3. The lowest BCUT2D eigenvalue weighted by molar-refractivity contribution is 0.453. The van der Waals surface area contributed by atoms with E-state index in [0.29, 0.717) is 27.7 Å². The molecule has 0 unspecified atom stereocenters. The number of pyridine rings is 1. The van der Waals surface area contributed by atoms with Gasteiger partial charge in [0.15, 0.2) is 0 Å². The third-order valence-electron chi connectivity index (χ3n) is 3.13. The lowest BCUT2D eigenvalue weighted by Gasteiger charge is -2.11. The van der Waals surface area contributed by atoms with Crippen LogP contribution in [0.2, 0.25) is 10.0 Å². The molecule has 1 aromatic heterocycles. The molecule has 1 fully saturated rings. The Morgan fingerprint density at radius 2 is 2.05 bits per heavy atom. The number of benzene rings is 1. The number of nitrogens with one attached hydrogen (secondary N) is 1. The monoisotopic (exact) mass is 308 g/mol.